The van der Waals surface area contributed by atoms with E-state index in [1.165, 1.54) is 12.8 Å². The van der Waals surface area contributed by atoms with E-state index < -0.39 is 0 Å². The van der Waals surface area contributed by atoms with Gasteiger partial charge in [-0.05, 0) is 26.2 Å². The molecule has 0 heterocycles. The highest BCUT2D eigenvalue weighted by Crippen LogP contribution is 2.33. The lowest BCUT2D eigenvalue weighted by Crippen LogP contribution is -2.39. The largest absolute Gasteiger partial charge is 0.351 e. The third-order valence-corrected chi connectivity index (χ3v) is 2.31. The van der Waals surface area contributed by atoms with Crippen LogP contribution in [0, 0.1) is 5.92 Å². The first-order chi connectivity index (χ1) is 6.27. The molecule has 1 atom stereocenters. The van der Waals surface area contributed by atoms with Gasteiger partial charge in [0, 0.05) is 13.2 Å². The number of hydrogen-bond donors (Lipinski definition) is 1. The Bertz CT molecular complexity index is 131. The third-order valence-electron chi connectivity index (χ3n) is 2.31. The summed E-state index contributed by atoms with van der Waals surface area (Å²) in [5.74, 6) is 0.832. The highest BCUT2D eigenvalue weighted by molar-refractivity contribution is 4.80. The fourth-order valence-electron chi connectivity index (χ4n) is 1.47. The highest BCUT2D eigenvalue weighted by atomic mass is 16.7. The highest BCUT2D eigenvalue weighted by Gasteiger charge is 2.28. The van der Waals surface area contributed by atoms with Gasteiger partial charge in [0.2, 0.25) is 0 Å². The Balaban J connectivity index is 2.22. The summed E-state index contributed by atoms with van der Waals surface area (Å²) in [4.78, 5) is 0. The second-order valence-corrected chi connectivity index (χ2v) is 3.62. The van der Waals surface area contributed by atoms with Crippen LogP contribution in [0.15, 0.2) is 0 Å². The maximum atomic E-state index is 5.98. The van der Waals surface area contributed by atoms with Crippen molar-refractivity contribution < 1.29 is 9.47 Å². The minimum absolute atomic E-state index is 0.0485. The van der Waals surface area contributed by atoms with Gasteiger partial charge in [0.25, 0.3) is 0 Å². The van der Waals surface area contributed by atoms with Crippen molar-refractivity contribution in [3.63, 3.8) is 0 Å². The predicted molar refractivity (Wildman–Crippen MR) is 52.4 cm³/mol. The van der Waals surface area contributed by atoms with Crippen LogP contribution in [0.4, 0.5) is 0 Å². The number of ether oxygens (including phenoxy) is 2. The summed E-state index contributed by atoms with van der Waals surface area (Å²) in [6.07, 6.45) is 3.51. The molecular weight excluding hydrogens is 166 g/mol. The van der Waals surface area contributed by atoms with Gasteiger partial charge < -0.3 is 15.2 Å². The Hall–Kier alpha value is -0.120. The van der Waals surface area contributed by atoms with E-state index in [4.69, 9.17) is 15.2 Å². The molecule has 1 fully saturated rings. The summed E-state index contributed by atoms with van der Waals surface area (Å²) < 4.78 is 10.9. The van der Waals surface area contributed by atoms with Gasteiger partial charge in [-0.15, -0.1) is 0 Å². The monoisotopic (exact) mass is 187 g/mol. The maximum Gasteiger partial charge on any atom is 0.172 e. The molecule has 0 amide bonds. The lowest BCUT2D eigenvalue weighted by atomic mass is 10.1. The molecule has 0 saturated heterocycles. The van der Waals surface area contributed by atoms with Crippen LogP contribution in [-0.4, -0.2) is 25.5 Å². The Morgan fingerprint density at radius 3 is 2.15 bits per heavy atom. The van der Waals surface area contributed by atoms with Gasteiger partial charge >= 0.3 is 0 Å². The van der Waals surface area contributed by atoms with Crippen molar-refractivity contribution in [2.24, 2.45) is 11.7 Å². The minimum Gasteiger partial charge on any atom is -0.351 e. The van der Waals surface area contributed by atoms with Gasteiger partial charge in [-0.3, -0.25) is 0 Å². The van der Waals surface area contributed by atoms with Crippen LogP contribution in [0.2, 0.25) is 0 Å². The van der Waals surface area contributed by atoms with E-state index in [-0.39, 0.29) is 12.3 Å². The normalized spacial score (nSPS) is 19.4. The van der Waals surface area contributed by atoms with Gasteiger partial charge in [-0.25, -0.2) is 0 Å². The molecular formula is C10H21NO2. The predicted octanol–water partition coefficient (Wildman–Crippen LogP) is 1.51. The molecule has 78 valence electrons. The average molecular weight is 187 g/mol. The maximum absolute atomic E-state index is 5.98. The first-order valence-corrected chi connectivity index (χ1v) is 5.26. The zero-order chi connectivity index (χ0) is 9.68. The minimum atomic E-state index is -0.199. The Labute approximate surface area is 80.6 Å². The van der Waals surface area contributed by atoms with E-state index in [1.807, 2.05) is 13.8 Å². The molecule has 0 aromatic rings. The topological polar surface area (TPSA) is 44.5 Å². The fourth-order valence-corrected chi connectivity index (χ4v) is 1.47. The van der Waals surface area contributed by atoms with Crippen molar-refractivity contribution in [2.75, 3.05) is 13.2 Å². The number of hydrogen-bond acceptors (Lipinski definition) is 3. The van der Waals surface area contributed by atoms with Crippen molar-refractivity contribution in [3.05, 3.63) is 0 Å². The van der Waals surface area contributed by atoms with Crippen molar-refractivity contribution in [3.8, 4) is 0 Å². The van der Waals surface area contributed by atoms with E-state index in [0.29, 0.717) is 13.2 Å². The molecule has 0 radical (unpaired) electrons. The Morgan fingerprint density at radius 2 is 1.77 bits per heavy atom. The molecule has 1 saturated carbocycles. The zero-order valence-corrected chi connectivity index (χ0v) is 8.66. The SMILES string of the molecule is CCOC(OCC)C(N)CC1CC1. The van der Waals surface area contributed by atoms with E-state index in [2.05, 4.69) is 0 Å². The molecule has 0 aromatic carbocycles. The van der Waals surface area contributed by atoms with Gasteiger partial charge in [0.1, 0.15) is 0 Å². The first-order valence-electron chi connectivity index (χ1n) is 5.26. The van der Waals surface area contributed by atoms with Crippen LogP contribution < -0.4 is 5.73 Å². The molecule has 13 heavy (non-hydrogen) atoms. The molecule has 1 rings (SSSR count). The standard InChI is InChI=1S/C10H21NO2/c1-3-12-10(13-4-2)9(11)7-8-5-6-8/h8-10H,3-7,11H2,1-2H3. The zero-order valence-electron chi connectivity index (χ0n) is 8.66. The molecule has 3 heteroatoms. The van der Waals surface area contributed by atoms with Gasteiger partial charge in [0.15, 0.2) is 6.29 Å². The summed E-state index contributed by atoms with van der Waals surface area (Å²) in [7, 11) is 0. The third kappa shape index (κ3) is 4.07. The van der Waals surface area contributed by atoms with Gasteiger partial charge in [-0.1, -0.05) is 12.8 Å². The summed E-state index contributed by atoms with van der Waals surface area (Å²) >= 11 is 0. The lowest BCUT2D eigenvalue weighted by Gasteiger charge is -2.23. The number of rotatable bonds is 7. The van der Waals surface area contributed by atoms with Crippen LogP contribution >= 0.6 is 0 Å². The summed E-state index contributed by atoms with van der Waals surface area (Å²) in [5, 5.41) is 0. The smallest absolute Gasteiger partial charge is 0.172 e. The van der Waals surface area contributed by atoms with Crippen molar-refractivity contribution in [1.82, 2.24) is 0 Å². The van der Waals surface area contributed by atoms with Crippen LogP contribution in [0.25, 0.3) is 0 Å². The molecule has 2 N–H and O–H groups in total. The van der Waals surface area contributed by atoms with Gasteiger partial charge in [-0.2, -0.15) is 0 Å². The van der Waals surface area contributed by atoms with Gasteiger partial charge in [0.05, 0.1) is 6.04 Å². The number of nitrogens with two attached hydrogens (primary N) is 1. The van der Waals surface area contributed by atoms with E-state index in [0.717, 1.165) is 12.3 Å². The van der Waals surface area contributed by atoms with Crippen molar-refractivity contribution >= 4 is 0 Å². The summed E-state index contributed by atoms with van der Waals surface area (Å²) in [6.45, 7) is 5.28. The van der Waals surface area contributed by atoms with Crippen molar-refractivity contribution in [2.45, 2.75) is 45.4 Å². The average Bonchev–Trinajstić information content (AvgIpc) is 2.88. The summed E-state index contributed by atoms with van der Waals surface area (Å²) in [6, 6.07) is 0.0485. The van der Waals surface area contributed by atoms with Crippen LogP contribution in [0.5, 0.6) is 0 Å². The Kier molecular flexibility index (Phi) is 4.70. The quantitative estimate of drug-likeness (QED) is 0.614. The second kappa shape index (κ2) is 5.58. The molecule has 0 aromatic heterocycles. The van der Waals surface area contributed by atoms with E-state index in [1.54, 1.807) is 0 Å². The van der Waals surface area contributed by atoms with Crippen LogP contribution in [0.3, 0.4) is 0 Å². The molecule has 0 spiro atoms. The molecule has 1 aliphatic rings. The fraction of sp³-hybridized carbons (Fsp3) is 1.00. The molecule has 3 nitrogen and oxygen atoms in total. The summed E-state index contributed by atoms with van der Waals surface area (Å²) in [5.41, 5.74) is 5.98. The first kappa shape index (κ1) is 11.0. The second-order valence-electron chi connectivity index (χ2n) is 3.62. The van der Waals surface area contributed by atoms with Crippen LogP contribution in [-0.2, 0) is 9.47 Å². The molecule has 1 unspecified atom stereocenters. The molecule has 0 aliphatic heterocycles. The van der Waals surface area contributed by atoms with E-state index in [9.17, 15) is 0 Å². The van der Waals surface area contributed by atoms with Crippen molar-refractivity contribution in [1.29, 1.82) is 0 Å². The Morgan fingerprint density at radius 1 is 1.23 bits per heavy atom. The lowest BCUT2D eigenvalue weighted by molar-refractivity contribution is -0.149. The van der Waals surface area contributed by atoms with Crippen LogP contribution in [0.1, 0.15) is 33.1 Å². The molecule has 0 bridgehead atoms. The molecule has 1 aliphatic carbocycles. The van der Waals surface area contributed by atoms with E-state index >= 15 is 0 Å².